The lowest BCUT2D eigenvalue weighted by molar-refractivity contribution is -0.108. The van der Waals surface area contributed by atoms with E-state index >= 15 is 0 Å². The molecule has 1 unspecified atom stereocenters. The molecule has 3 rings (SSSR count). The monoisotopic (exact) mass is 153 g/mol. The second-order valence-corrected chi connectivity index (χ2v) is 5.12. The maximum Gasteiger partial charge on any atom is 0.00702 e. The van der Waals surface area contributed by atoms with Crippen molar-refractivity contribution in [3.63, 3.8) is 0 Å². The Labute approximate surface area is 69.4 Å². The second kappa shape index (κ2) is 2.01. The Morgan fingerprint density at radius 2 is 1.91 bits per heavy atom. The van der Waals surface area contributed by atoms with Crippen molar-refractivity contribution in [1.82, 2.24) is 0 Å². The van der Waals surface area contributed by atoms with E-state index in [1.165, 1.54) is 12.8 Å². The minimum Gasteiger partial charge on any atom is -0.327 e. The Bertz CT molecular complexity index is 174. The van der Waals surface area contributed by atoms with Crippen LogP contribution in [0.3, 0.4) is 0 Å². The molecule has 3 aliphatic carbocycles. The molecule has 0 radical (unpaired) electrons. The molecule has 0 saturated heterocycles. The third-order valence-electron chi connectivity index (χ3n) is 4.41. The molecule has 0 spiro atoms. The minimum absolute atomic E-state index is 0.492. The Kier molecular flexibility index (Phi) is 1.39. The van der Waals surface area contributed by atoms with Crippen molar-refractivity contribution in [2.45, 2.75) is 39.7 Å². The number of hydrogen-bond acceptors (Lipinski definition) is 1. The van der Waals surface area contributed by atoms with Crippen LogP contribution in [0.1, 0.15) is 33.6 Å². The third kappa shape index (κ3) is 0.807. The highest BCUT2D eigenvalue weighted by Gasteiger charge is 2.55. The van der Waals surface area contributed by atoms with Crippen LogP contribution in [-0.2, 0) is 0 Å². The Morgan fingerprint density at radius 3 is 2.27 bits per heavy atom. The summed E-state index contributed by atoms with van der Waals surface area (Å²) in [6.07, 6.45) is 2.71. The normalized spacial score (nSPS) is 53.5. The molecule has 0 aromatic rings. The molecule has 0 amide bonds. The molecule has 3 fully saturated rings. The topological polar surface area (TPSA) is 26.0 Å². The number of hydrogen-bond donors (Lipinski definition) is 1. The van der Waals surface area contributed by atoms with E-state index in [0.717, 1.165) is 17.8 Å². The predicted molar refractivity (Wildman–Crippen MR) is 47.1 cm³/mol. The van der Waals surface area contributed by atoms with Gasteiger partial charge in [-0.3, -0.25) is 0 Å². The van der Waals surface area contributed by atoms with Gasteiger partial charge in [0.05, 0.1) is 0 Å². The van der Waals surface area contributed by atoms with E-state index < -0.39 is 0 Å². The van der Waals surface area contributed by atoms with Crippen molar-refractivity contribution >= 4 is 0 Å². The van der Waals surface area contributed by atoms with Gasteiger partial charge < -0.3 is 5.73 Å². The van der Waals surface area contributed by atoms with Gasteiger partial charge in [-0.05, 0) is 36.0 Å². The molecule has 0 aromatic carbocycles. The van der Waals surface area contributed by atoms with E-state index in [0.29, 0.717) is 11.5 Å². The highest BCUT2D eigenvalue weighted by atomic mass is 14.7. The summed E-state index contributed by atoms with van der Waals surface area (Å²) >= 11 is 0. The quantitative estimate of drug-likeness (QED) is 0.566. The minimum atomic E-state index is 0.492. The van der Waals surface area contributed by atoms with Crippen molar-refractivity contribution in [2.24, 2.45) is 28.9 Å². The van der Waals surface area contributed by atoms with Crippen molar-refractivity contribution in [2.75, 3.05) is 0 Å². The molecule has 4 atom stereocenters. The molecule has 64 valence electrons. The maximum atomic E-state index is 6.02. The first-order valence-electron chi connectivity index (χ1n) is 4.79. The maximum absolute atomic E-state index is 6.02. The van der Waals surface area contributed by atoms with Crippen LogP contribution in [-0.4, -0.2) is 6.04 Å². The van der Waals surface area contributed by atoms with Crippen molar-refractivity contribution < 1.29 is 0 Å². The van der Waals surface area contributed by atoms with Gasteiger partial charge in [-0.15, -0.1) is 0 Å². The second-order valence-electron chi connectivity index (χ2n) is 5.12. The van der Waals surface area contributed by atoms with E-state index in [1.807, 2.05) is 0 Å². The molecular formula is C10H19N. The Morgan fingerprint density at radius 1 is 1.27 bits per heavy atom. The third-order valence-corrected chi connectivity index (χ3v) is 4.41. The fourth-order valence-electron chi connectivity index (χ4n) is 3.19. The molecule has 2 N–H and O–H groups in total. The zero-order valence-electron chi connectivity index (χ0n) is 7.80. The van der Waals surface area contributed by atoms with E-state index in [2.05, 4.69) is 20.8 Å². The van der Waals surface area contributed by atoms with Crippen LogP contribution in [0.4, 0.5) is 0 Å². The average Bonchev–Trinajstić information content (AvgIpc) is 1.93. The SMILES string of the molecule is C[C@H]1[C@H]2CC(C[C@@H]1N)C2(C)C. The van der Waals surface area contributed by atoms with Crippen molar-refractivity contribution in [1.29, 1.82) is 0 Å². The lowest BCUT2D eigenvalue weighted by Gasteiger charge is -2.61. The lowest BCUT2D eigenvalue weighted by atomic mass is 9.45. The van der Waals surface area contributed by atoms with E-state index in [9.17, 15) is 0 Å². The summed E-state index contributed by atoms with van der Waals surface area (Å²) < 4.78 is 0. The first-order chi connectivity index (χ1) is 5.03. The zero-order chi connectivity index (χ0) is 8.22. The van der Waals surface area contributed by atoms with Gasteiger partial charge in [0.15, 0.2) is 0 Å². The molecule has 1 nitrogen and oxygen atoms in total. The van der Waals surface area contributed by atoms with Gasteiger partial charge in [0.25, 0.3) is 0 Å². The van der Waals surface area contributed by atoms with Crippen LogP contribution < -0.4 is 5.73 Å². The van der Waals surface area contributed by atoms with E-state index in [1.54, 1.807) is 0 Å². The predicted octanol–water partition coefficient (Wildman–Crippen LogP) is 2.02. The van der Waals surface area contributed by atoms with Crippen LogP contribution in [0.2, 0.25) is 0 Å². The molecular weight excluding hydrogens is 134 g/mol. The highest BCUT2D eigenvalue weighted by Crippen LogP contribution is 2.60. The number of nitrogens with two attached hydrogens (primary N) is 1. The fraction of sp³-hybridized carbons (Fsp3) is 1.00. The molecule has 3 saturated carbocycles. The van der Waals surface area contributed by atoms with Gasteiger partial charge in [0.2, 0.25) is 0 Å². The van der Waals surface area contributed by atoms with Gasteiger partial charge in [0.1, 0.15) is 0 Å². The Hall–Kier alpha value is -0.0400. The molecule has 0 aromatic heterocycles. The summed E-state index contributed by atoms with van der Waals surface area (Å²) in [6, 6.07) is 0.492. The van der Waals surface area contributed by atoms with Crippen molar-refractivity contribution in [3.05, 3.63) is 0 Å². The van der Waals surface area contributed by atoms with Gasteiger partial charge in [-0.1, -0.05) is 20.8 Å². The van der Waals surface area contributed by atoms with Crippen LogP contribution in [0.15, 0.2) is 0 Å². The van der Waals surface area contributed by atoms with Gasteiger partial charge in [-0.25, -0.2) is 0 Å². The first-order valence-corrected chi connectivity index (χ1v) is 4.79. The molecule has 1 heteroatoms. The summed E-state index contributed by atoms with van der Waals surface area (Å²) in [5, 5.41) is 0. The van der Waals surface area contributed by atoms with Gasteiger partial charge in [-0.2, -0.15) is 0 Å². The largest absolute Gasteiger partial charge is 0.327 e. The standard InChI is InChI=1S/C10H19N/c1-6-8-4-7(5-9(6)11)10(8,2)3/h6-9H,4-5,11H2,1-3H3/t6-,7?,8+,9-/m0/s1. The average molecular weight is 153 g/mol. The van der Waals surface area contributed by atoms with Crippen LogP contribution in [0.5, 0.6) is 0 Å². The van der Waals surface area contributed by atoms with Crippen LogP contribution >= 0.6 is 0 Å². The van der Waals surface area contributed by atoms with E-state index in [-0.39, 0.29) is 0 Å². The molecule has 3 aliphatic rings. The van der Waals surface area contributed by atoms with Gasteiger partial charge in [0, 0.05) is 6.04 Å². The number of rotatable bonds is 0. The van der Waals surface area contributed by atoms with Crippen LogP contribution in [0, 0.1) is 23.2 Å². The molecule has 11 heavy (non-hydrogen) atoms. The highest BCUT2D eigenvalue weighted by molar-refractivity contribution is 5.06. The van der Waals surface area contributed by atoms with Crippen molar-refractivity contribution in [3.8, 4) is 0 Å². The zero-order valence-corrected chi connectivity index (χ0v) is 7.80. The van der Waals surface area contributed by atoms with E-state index in [4.69, 9.17) is 5.73 Å². The summed E-state index contributed by atoms with van der Waals surface area (Å²) in [5.41, 5.74) is 6.63. The smallest absolute Gasteiger partial charge is 0.00702 e. The lowest BCUT2D eigenvalue weighted by Crippen LogP contribution is -2.58. The summed E-state index contributed by atoms with van der Waals surface area (Å²) in [6.45, 7) is 7.15. The molecule has 0 aliphatic heterocycles. The Balaban J connectivity index is 2.17. The molecule has 0 heterocycles. The summed E-state index contributed by atoms with van der Waals surface area (Å²) in [4.78, 5) is 0. The van der Waals surface area contributed by atoms with Crippen LogP contribution in [0.25, 0.3) is 0 Å². The number of fused-ring (bicyclic) bond motifs is 2. The summed E-state index contributed by atoms with van der Waals surface area (Å²) in [5.74, 6) is 2.60. The summed E-state index contributed by atoms with van der Waals surface area (Å²) in [7, 11) is 0. The molecule has 2 bridgehead atoms. The fourth-order valence-corrected chi connectivity index (χ4v) is 3.19. The first kappa shape index (κ1) is 7.60. The van der Waals surface area contributed by atoms with Gasteiger partial charge >= 0.3 is 0 Å².